The fraction of sp³-hybridized carbons (Fsp3) is 0.529. The molecule has 3 rings (SSSR count). The first-order valence-corrected chi connectivity index (χ1v) is 8.47. The molecule has 1 aliphatic heterocycles. The van der Waals surface area contributed by atoms with Crippen LogP contribution in [0.3, 0.4) is 0 Å². The van der Waals surface area contributed by atoms with E-state index >= 15 is 0 Å². The Balaban J connectivity index is 1.71. The molecule has 1 saturated heterocycles. The highest BCUT2D eigenvalue weighted by molar-refractivity contribution is 5.75. The molecule has 1 fully saturated rings. The molecule has 7 heteroatoms. The number of hydrogen-bond acceptors (Lipinski definition) is 4. The van der Waals surface area contributed by atoms with Crippen LogP contribution in [0.1, 0.15) is 45.5 Å². The third-order valence-corrected chi connectivity index (χ3v) is 4.62. The maximum Gasteiger partial charge on any atom is 0.318 e. The maximum atomic E-state index is 12.6. The molecule has 2 amide bonds. The third-order valence-electron chi connectivity index (χ3n) is 4.62. The van der Waals surface area contributed by atoms with Gasteiger partial charge in [-0.3, -0.25) is 0 Å². The van der Waals surface area contributed by atoms with E-state index in [9.17, 15) is 4.79 Å². The van der Waals surface area contributed by atoms with Gasteiger partial charge in [0.2, 0.25) is 0 Å². The number of carbonyl (C=O) groups excluding carboxylic acids is 1. The van der Waals surface area contributed by atoms with E-state index in [4.69, 9.17) is 0 Å². The number of hydrogen-bond donors (Lipinski definition) is 1. The van der Waals surface area contributed by atoms with Gasteiger partial charge < -0.3 is 10.2 Å². The second-order valence-corrected chi connectivity index (χ2v) is 6.63. The van der Waals surface area contributed by atoms with Crippen LogP contribution in [-0.4, -0.2) is 43.7 Å². The predicted molar refractivity (Wildman–Crippen MR) is 90.7 cm³/mol. The molecule has 0 radical (unpaired) electrons. The molecule has 2 heterocycles. The molecule has 1 aliphatic rings. The SMILES string of the molecule is CC1CCN(C(=O)NC(C)c2nnnn2-c2ccccc2)C(C)C1. The minimum atomic E-state index is -0.278. The Labute approximate surface area is 142 Å². The van der Waals surface area contributed by atoms with Gasteiger partial charge in [-0.2, -0.15) is 4.68 Å². The molecule has 3 atom stereocenters. The molecule has 128 valence electrons. The van der Waals surface area contributed by atoms with Gasteiger partial charge in [-0.25, -0.2) is 4.79 Å². The standard InChI is InChI=1S/C17H24N6O/c1-12-9-10-22(13(2)11-12)17(24)18-14(3)16-19-20-21-23(16)15-7-5-4-6-8-15/h4-8,12-14H,9-11H2,1-3H3,(H,18,24). The Hall–Kier alpha value is -2.44. The maximum absolute atomic E-state index is 12.6. The van der Waals surface area contributed by atoms with Crippen molar-refractivity contribution in [3.8, 4) is 5.69 Å². The molecular formula is C17H24N6O. The average molecular weight is 328 g/mol. The summed E-state index contributed by atoms with van der Waals surface area (Å²) in [5.41, 5.74) is 0.874. The van der Waals surface area contributed by atoms with Gasteiger partial charge in [0, 0.05) is 12.6 Å². The van der Waals surface area contributed by atoms with Crippen LogP contribution in [0.2, 0.25) is 0 Å². The highest BCUT2D eigenvalue weighted by Crippen LogP contribution is 2.23. The van der Waals surface area contributed by atoms with Gasteiger partial charge in [0.05, 0.1) is 11.7 Å². The first kappa shape index (κ1) is 16.4. The first-order valence-electron chi connectivity index (χ1n) is 8.47. The second-order valence-electron chi connectivity index (χ2n) is 6.63. The number of nitrogens with one attached hydrogen (secondary N) is 1. The molecule has 0 spiro atoms. The van der Waals surface area contributed by atoms with Crippen molar-refractivity contribution in [2.75, 3.05) is 6.54 Å². The van der Waals surface area contributed by atoms with E-state index in [0.717, 1.165) is 25.1 Å². The van der Waals surface area contributed by atoms with Crippen molar-refractivity contribution in [3.63, 3.8) is 0 Å². The molecule has 3 unspecified atom stereocenters. The third kappa shape index (κ3) is 3.39. The lowest BCUT2D eigenvalue weighted by molar-refractivity contribution is 0.137. The normalized spacial score (nSPS) is 22.2. The van der Waals surface area contributed by atoms with Crippen LogP contribution >= 0.6 is 0 Å². The lowest BCUT2D eigenvalue weighted by Gasteiger charge is -2.37. The molecule has 24 heavy (non-hydrogen) atoms. The highest BCUT2D eigenvalue weighted by atomic mass is 16.2. The number of para-hydroxylation sites is 1. The first-order chi connectivity index (χ1) is 11.6. The minimum Gasteiger partial charge on any atom is -0.328 e. The molecule has 1 aromatic carbocycles. The van der Waals surface area contributed by atoms with E-state index in [2.05, 4.69) is 34.7 Å². The molecule has 0 bridgehead atoms. The van der Waals surface area contributed by atoms with Crippen molar-refractivity contribution >= 4 is 6.03 Å². The fourth-order valence-electron chi connectivity index (χ4n) is 3.26. The van der Waals surface area contributed by atoms with E-state index < -0.39 is 0 Å². The van der Waals surface area contributed by atoms with Gasteiger partial charge in [-0.05, 0) is 55.2 Å². The van der Waals surface area contributed by atoms with Crippen LogP contribution in [0.25, 0.3) is 5.69 Å². The van der Waals surface area contributed by atoms with Crippen molar-refractivity contribution in [2.24, 2.45) is 5.92 Å². The number of urea groups is 1. The number of carbonyl (C=O) groups is 1. The Morgan fingerprint density at radius 2 is 2.04 bits per heavy atom. The number of amides is 2. The van der Waals surface area contributed by atoms with Crippen LogP contribution in [0.4, 0.5) is 4.79 Å². The Kier molecular flexibility index (Phi) is 4.78. The largest absolute Gasteiger partial charge is 0.328 e. The molecule has 0 saturated carbocycles. The van der Waals surface area contributed by atoms with Gasteiger partial charge in [0.25, 0.3) is 0 Å². The van der Waals surface area contributed by atoms with Crippen LogP contribution < -0.4 is 5.32 Å². The zero-order valence-electron chi connectivity index (χ0n) is 14.4. The predicted octanol–water partition coefficient (Wildman–Crippen LogP) is 2.55. The van der Waals surface area contributed by atoms with Crippen molar-refractivity contribution in [1.82, 2.24) is 30.4 Å². The molecule has 7 nitrogen and oxygen atoms in total. The lowest BCUT2D eigenvalue weighted by atomic mass is 9.94. The van der Waals surface area contributed by atoms with E-state index in [0.29, 0.717) is 11.7 Å². The van der Waals surface area contributed by atoms with Crippen LogP contribution in [0.15, 0.2) is 30.3 Å². The summed E-state index contributed by atoms with van der Waals surface area (Å²) < 4.78 is 1.66. The zero-order valence-corrected chi connectivity index (χ0v) is 14.4. The second kappa shape index (κ2) is 6.98. The Morgan fingerprint density at radius 3 is 2.75 bits per heavy atom. The van der Waals surface area contributed by atoms with E-state index in [1.165, 1.54) is 0 Å². The van der Waals surface area contributed by atoms with Crippen LogP contribution in [0.5, 0.6) is 0 Å². The van der Waals surface area contributed by atoms with Gasteiger partial charge in [-0.15, -0.1) is 5.10 Å². The van der Waals surface area contributed by atoms with E-state index in [1.807, 2.05) is 42.2 Å². The van der Waals surface area contributed by atoms with Crippen molar-refractivity contribution in [2.45, 2.75) is 45.7 Å². The zero-order chi connectivity index (χ0) is 17.1. The molecule has 1 aromatic heterocycles. The Morgan fingerprint density at radius 1 is 1.29 bits per heavy atom. The van der Waals surface area contributed by atoms with E-state index in [-0.39, 0.29) is 18.1 Å². The van der Waals surface area contributed by atoms with Crippen molar-refractivity contribution in [1.29, 1.82) is 0 Å². The van der Waals surface area contributed by atoms with Crippen molar-refractivity contribution in [3.05, 3.63) is 36.2 Å². The quantitative estimate of drug-likeness (QED) is 0.939. The summed E-state index contributed by atoms with van der Waals surface area (Å²) in [5.74, 6) is 1.29. The summed E-state index contributed by atoms with van der Waals surface area (Å²) in [4.78, 5) is 14.5. The van der Waals surface area contributed by atoms with Gasteiger partial charge in [0.15, 0.2) is 5.82 Å². The van der Waals surface area contributed by atoms with Crippen LogP contribution in [0, 0.1) is 5.92 Å². The van der Waals surface area contributed by atoms with Gasteiger partial charge >= 0.3 is 6.03 Å². The summed E-state index contributed by atoms with van der Waals surface area (Å²) in [6, 6.07) is 9.60. The molecular weight excluding hydrogens is 304 g/mol. The fourth-order valence-corrected chi connectivity index (χ4v) is 3.26. The summed E-state index contributed by atoms with van der Waals surface area (Å²) in [7, 11) is 0. The Bertz CT molecular complexity index is 685. The highest BCUT2D eigenvalue weighted by Gasteiger charge is 2.28. The number of likely N-dealkylation sites (tertiary alicyclic amines) is 1. The number of aromatic nitrogens is 4. The lowest BCUT2D eigenvalue weighted by Crippen LogP contribution is -2.49. The average Bonchev–Trinajstić information content (AvgIpc) is 3.05. The summed E-state index contributed by atoms with van der Waals surface area (Å²) >= 11 is 0. The monoisotopic (exact) mass is 328 g/mol. The summed E-state index contributed by atoms with van der Waals surface area (Å²) in [5, 5.41) is 14.9. The smallest absolute Gasteiger partial charge is 0.318 e. The van der Waals surface area contributed by atoms with Gasteiger partial charge in [-0.1, -0.05) is 25.1 Å². The number of benzene rings is 1. The molecule has 1 N–H and O–H groups in total. The summed E-state index contributed by atoms with van der Waals surface area (Å²) in [6.45, 7) is 7.04. The van der Waals surface area contributed by atoms with Crippen molar-refractivity contribution < 1.29 is 4.79 Å². The number of nitrogens with zero attached hydrogens (tertiary/aromatic N) is 5. The molecule has 2 aromatic rings. The number of piperidine rings is 1. The number of rotatable bonds is 3. The number of tetrazole rings is 1. The topological polar surface area (TPSA) is 75.9 Å². The molecule has 0 aliphatic carbocycles. The van der Waals surface area contributed by atoms with Crippen LogP contribution in [-0.2, 0) is 0 Å². The summed E-state index contributed by atoms with van der Waals surface area (Å²) in [6.07, 6.45) is 2.09. The van der Waals surface area contributed by atoms with Gasteiger partial charge in [0.1, 0.15) is 0 Å². The minimum absolute atomic E-state index is 0.0514. The van der Waals surface area contributed by atoms with E-state index in [1.54, 1.807) is 4.68 Å².